The van der Waals surface area contributed by atoms with Gasteiger partial charge in [-0.2, -0.15) is 15.0 Å². The summed E-state index contributed by atoms with van der Waals surface area (Å²) in [4.78, 5) is 78.8. The molecule has 2 aromatic carbocycles. The number of benzene rings is 2. The molecule has 3 aromatic rings. The van der Waals surface area contributed by atoms with Gasteiger partial charge < -0.3 is 49.2 Å². The van der Waals surface area contributed by atoms with Crippen molar-refractivity contribution in [3.8, 4) is 5.75 Å². The fourth-order valence-corrected chi connectivity index (χ4v) is 7.33. The molecule has 25 heteroatoms. The molecule has 1 aliphatic heterocycles. The summed E-state index contributed by atoms with van der Waals surface area (Å²) in [5, 5.41) is 16.4. The molecule has 404 valence electrons. The molecular formula is C47H71Cl3FN8O11PS. The number of carboxylic acid groups (broad SMARTS) is 1. The zero-order chi connectivity index (χ0) is 55.1. The number of nitrogens with zero attached hydrogens (tertiary/aromatic N) is 5. The number of alkyl halides is 1. The number of aryl methyl sites for hydroxylation is 2. The second-order valence-electron chi connectivity index (χ2n) is 17.7. The molecule has 2 atom stereocenters. The number of rotatable bonds is 16. The zero-order valence-electron chi connectivity index (χ0n) is 43.3. The highest BCUT2D eigenvalue weighted by Crippen LogP contribution is 2.38. The van der Waals surface area contributed by atoms with Gasteiger partial charge in [0.25, 0.3) is 0 Å². The number of imide groups is 1. The Morgan fingerprint density at radius 1 is 1.08 bits per heavy atom. The molecule has 2 aliphatic rings. The highest BCUT2D eigenvalue weighted by molar-refractivity contribution is 7.94. The largest absolute Gasteiger partial charge is 0.778 e. The van der Waals surface area contributed by atoms with Crippen LogP contribution in [-0.2, 0) is 45.7 Å². The van der Waals surface area contributed by atoms with Gasteiger partial charge in [-0.1, -0.05) is 36.7 Å². The van der Waals surface area contributed by atoms with Crippen LogP contribution in [-0.4, -0.2) is 124 Å². The van der Waals surface area contributed by atoms with E-state index in [1.807, 2.05) is 59.0 Å². The van der Waals surface area contributed by atoms with E-state index in [4.69, 9.17) is 59.0 Å². The number of hydrogen-bond donors (Lipinski definition) is 5. The predicted octanol–water partition coefficient (Wildman–Crippen LogP) is 8.57. The Bertz CT molecular complexity index is 2330. The third-order valence-electron chi connectivity index (χ3n) is 9.25. The van der Waals surface area contributed by atoms with E-state index in [1.165, 1.54) is 6.07 Å². The number of carbonyl (C=O) groups is 4. The topological polar surface area (TPSA) is 258 Å². The minimum absolute atomic E-state index is 0.00962. The van der Waals surface area contributed by atoms with E-state index >= 15 is 0 Å². The minimum atomic E-state index is -4.35. The van der Waals surface area contributed by atoms with Gasteiger partial charge in [0.2, 0.25) is 23.1 Å². The van der Waals surface area contributed by atoms with Crippen LogP contribution < -0.4 is 35.4 Å². The third kappa shape index (κ3) is 24.2. The summed E-state index contributed by atoms with van der Waals surface area (Å²) in [5.74, 6) is -1.64. The van der Waals surface area contributed by atoms with Crippen LogP contribution in [0.15, 0.2) is 41.7 Å². The number of aliphatic carboxylic acids is 1. The van der Waals surface area contributed by atoms with Crippen molar-refractivity contribution >= 4 is 100 Å². The van der Waals surface area contributed by atoms with Gasteiger partial charge in [-0.3, -0.25) is 19.7 Å². The molecule has 1 saturated carbocycles. The first-order valence-electron chi connectivity index (χ1n) is 22.7. The first kappa shape index (κ1) is 65.7. The number of halogens is 4. The third-order valence-corrected chi connectivity index (χ3v) is 10.6. The van der Waals surface area contributed by atoms with Gasteiger partial charge in [0.05, 0.1) is 66.7 Å². The highest BCUT2D eigenvalue weighted by atomic mass is 35.5. The molecule has 2 unspecified atom stereocenters. The average molecular weight is 1110 g/mol. The number of amides is 3. The van der Waals surface area contributed by atoms with Crippen LogP contribution in [0.4, 0.5) is 32.5 Å². The quantitative estimate of drug-likeness (QED) is 0.0389. The molecule has 0 bridgehead atoms. The summed E-state index contributed by atoms with van der Waals surface area (Å²) in [5.41, 5.74) is 3.42. The summed E-state index contributed by atoms with van der Waals surface area (Å²) in [6.45, 7) is 18.1. The van der Waals surface area contributed by atoms with Crippen molar-refractivity contribution in [3.05, 3.63) is 68.9 Å². The molecule has 1 aliphatic carbocycles. The number of aromatic nitrogens is 3. The van der Waals surface area contributed by atoms with Crippen LogP contribution >= 0.6 is 42.4 Å². The average Bonchev–Trinajstić information content (AvgIpc) is 3.88. The molecule has 2 fully saturated rings. The Hall–Kier alpha value is -4.31. The lowest BCUT2D eigenvalue weighted by molar-refractivity contribution is -0.193. The van der Waals surface area contributed by atoms with Gasteiger partial charge in [-0.15, -0.1) is 11.6 Å². The van der Waals surface area contributed by atoms with E-state index in [0.29, 0.717) is 39.9 Å². The van der Waals surface area contributed by atoms with Crippen molar-refractivity contribution < 1.29 is 57.2 Å². The predicted molar refractivity (Wildman–Crippen MR) is 285 cm³/mol. The van der Waals surface area contributed by atoms with Crippen LogP contribution in [0.5, 0.6) is 5.75 Å². The van der Waals surface area contributed by atoms with Crippen LogP contribution in [0.2, 0.25) is 10.3 Å². The molecule has 19 nitrogen and oxygen atoms in total. The summed E-state index contributed by atoms with van der Waals surface area (Å²) < 4.78 is 40.2. The van der Waals surface area contributed by atoms with Gasteiger partial charge in [0.15, 0.2) is 5.76 Å². The van der Waals surface area contributed by atoms with Crippen molar-refractivity contribution in [1.29, 1.82) is 0 Å². The number of carboxylic acids is 1. The molecule has 1 saturated heterocycles. The summed E-state index contributed by atoms with van der Waals surface area (Å²) in [7, 11) is -2.07. The lowest BCUT2D eigenvalue weighted by Crippen LogP contribution is -2.43. The first-order valence-corrected chi connectivity index (χ1v) is 28.2. The SMILES string of the molecule is CC(C)=C1OC(=O)N(c2cc(OC3CCCC3)c(Cl)cc2F)C1=O.CCNc1nc(Cl)nc(NC(C)(C)C)n1.CCc1cccc(C)c1N(C(=O)CCl)C(C)COC.C[S+](C)C.O=C(O)CNCP(=O)([O-])O. The maximum atomic E-state index is 14.3. The summed E-state index contributed by atoms with van der Waals surface area (Å²) in [6, 6.07) is 8.37. The van der Waals surface area contributed by atoms with Gasteiger partial charge >= 0.3 is 18.0 Å². The van der Waals surface area contributed by atoms with E-state index in [9.17, 15) is 33.0 Å². The number of nitrogens with one attached hydrogen (secondary N) is 3. The fourth-order valence-electron chi connectivity index (χ4n) is 6.45. The maximum Gasteiger partial charge on any atom is 0.427 e. The monoisotopic (exact) mass is 1110 g/mol. The lowest BCUT2D eigenvalue weighted by atomic mass is 10.0. The molecule has 5 rings (SSSR count). The standard InChI is InChI=1S/C17H17ClFNO4.C15H22ClNO2.C9H16ClN5.C3H8NO5P.C3H9S/c1-9(2)15-16(21)20(17(22)24-15)13-8-14(11(18)7-12(13)19)23-10-5-3-4-6-10;1-5-13-8-6-7-11(2)15(13)17(14(18)9-16)12(3)10-19-4;1-5-11-7-12-6(10)13-8(14-7)15-9(2,3)4;5-3(6)1-4-2-10(7,8)9;1-4(2)3/h7-8,10H,3-6H2,1-2H3;6-8,12H,5,9-10H2,1-4H3;5H2,1-4H3,(H2,11,12,13,14,15);4H,1-2H2,(H,5,6)(H2,7,8,9);1-3H3/q;;;;+1/p-1. The number of methoxy groups -OCH3 is 1. The normalized spacial score (nSPS) is 14.4. The van der Waals surface area contributed by atoms with Gasteiger partial charge in [0.1, 0.15) is 25.0 Å². The van der Waals surface area contributed by atoms with E-state index in [1.54, 1.807) is 25.9 Å². The lowest BCUT2D eigenvalue weighted by Gasteiger charge is -2.31. The van der Waals surface area contributed by atoms with Crippen molar-refractivity contribution in [2.45, 2.75) is 112 Å². The Kier molecular flexibility index (Phi) is 29.3. The molecule has 5 N–H and O–H groups in total. The zero-order valence-corrected chi connectivity index (χ0v) is 47.3. The van der Waals surface area contributed by atoms with E-state index in [0.717, 1.165) is 61.5 Å². The molecular weight excluding hydrogens is 1040 g/mol. The maximum absolute atomic E-state index is 14.3. The molecule has 2 heterocycles. The smallest absolute Gasteiger partial charge is 0.427 e. The Morgan fingerprint density at radius 2 is 1.68 bits per heavy atom. The number of para-hydroxylation sites is 1. The minimum Gasteiger partial charge on any atom is -0.778 e. The number of hydrogen-bond acceptors (Lipinski definition) is 15. The molecule has 1 aromatic heterocycles. The molecule has 0 radical (unpaired) electrons. The number of carbonyl (C=O) groups excluding carboxylic acids is 3. The van der Waals surface area contributed by atoms with Crippen LogP contribution in [0, 0.1) is 12.7 Å². The summed E-state index contributed by atoms with van der Waals surface area (Å²) >= 11 is 17.6. The molecule has 72 heavy (non-hydrogen) atoms. The van der Waals surface area contributed by atoms with Crippen molar-refractivity contribution in [3.63, 3.8) is 0 Å². The van der Waals surface area contributed by atoms with Crippen LogP contribution in [0.1, 0.15) is 92.2 Å². The number of ether oxygens (including phenoxy) is 3. The fraction of sp³-hybridized carbons (Fsp3) is 0.553. The van der Waals surface area contributed by atoms with E-state index in [-0.39, 0.29) is 57.0 Å². The second-order valence-corrected chi connectivity index (χ2v) is 22.8. The molecule has 3 amide bonds. The van der Waals surface area contributed by atoms with Gasteiger partial charge in [0, 0.05) is 25.3 Å². The van der Waals surface area contributed by atoms with E-state index < -0.39 is 44.2 Å². The van der Waals surface area contributed by atoms with E-state index in [2.05, 4.69) is 57.3 Å². The van der Waals surface area contributed by atoms with Crippen LogP contribution in [0.3, 0.4) is 0 Å². The highest BCUT2D eigenvalue weighted by Gasteiger charge is 2.40. The Balaban J connectivity index is 0.000000487. The Labute approximate surface area is 440 Å². The first-order chi connectivity index (χ1) is 33.5. The summed E-state index contributed by atoms with van der Waals surface area (Å²) in [6.07, 6.45) is 9.75. The van der Waals surface area contributed by atoms with Gasteiger partial charge in [-0.25, -0.2) is 14.1 Å². The van der Waals surface area contributed by atoms with Crippen molar-refractivity contribution in [1.82, 2.24) is 20.3 Å². The second kappa shape index (κ2) is 32.1. The van der Waals surface area contributed by atoms with Gasteiger partial charge in [-0.05, 0) is 133 Å². The van der Waals surface area contributed by atoms with Crippen molar-refractivity contribution in [2.75, 3.05) is 78.2 Å². The number of cyclic esters (lactones) is 1. The number of anilines is 4. The number of allylic oxidation sites excluding steroid dienone is 1. The Morgan fingerprint density at radius 3 is 2.17 bits per heavy atom. The van der Waals surface area contributed by atoms with Crippen molar-refractivity contribution in [2.24, 2.45) is 0 Å². The van der Waals surface area contributed by atoms with Crippen LogP contribution in [0.25, 0.3) is 0 Å². The molecule has 0 spiro atoms.